The van der Waals surface area contributed by atoms with Gasteiger partial charge < -0.3 is 21.1 Å². The van der Waals surface area contributed by atoms with Crippen molar-refractivity contribution in [3.05, 3.63) is 103 Å². The minimum Gasteiger partial charge on any atom is -0.370 e. The largest absolute Gasteiger partial charge is 0.370 e. The number of thioether (sulfide) groups is 1. The van der Waals surface area contributed by atoms with Crippen molar-refractivity contribution in [2.75, 3.05) is 16.4 Å². The van der Waals surface area contributed by atoms with Crippen LogP contribution in [-0.4, -0.2) is 28.4 Å². The van der Waals surface area contributed by atoms with E-state index in [1.165, 1.54) is 6.92 Å². The van der Waals surface area contributed by atoms with Gasteiger partial charge in [0.25, 0.3) is 0 Å². The number of allylic oxidation sites excluding steroid dienone is 1. The van der Waals surface area contributed by atoms with Gasteiger partial charge in [-0.1, -0.05) is 64.1 Å². The third-order valence-electron chi connectivity index (χ3n) is 6.38. The molecule has 0 bridgehead atoms. The third-order valence-corrected chi connectivity index (χ3v) is 8.91. The minimum atomic E-state index is -1.72. The van der Waals surface area contributed by atoms with E-state index >= 15 is 0 Å². The molecular formula is C29H26BrIN4O3S. The summed E-state index contributed by atoms with van der Waals surface area (Å²) >= 11 is 6.67. The predicted octanol–water partition coefficient (Wildman–Crippen LogP) is 6.12. The van der Waals surface area contributed by atoms with Crippen molar-refractivity contribution in [1.29, 1.82) is 5.26 Å². The lowest BCUT2D eigenvalue weighted by molar-refractivity contribution is -0.132. The quantitative estimate of drug-likeness (QED) is 0.219. The van der Waals surface area contributed by atoms with Crippen LogP contribution in [0.5, 0.6) is 0 Å². The molecule has 3 aromatic carbocycles. The number of benzene rings is 3. The fraction of sp³-hybridized carbons (Fsp3) is 0.207. The number of para-hydroxylation sites is 1. The van der Waals surface area contributed by atoms with Crippen molar-refractivity contribution < 1.29 is 14.7 Å². The fourth-order valence-corrected chi connectivity index (χ4v) is 6.44. The first kappa shape index (κ1) is 29.1. The van der Waals surface area contributed by atoms with E-state index in [-0.39, 0.29) is 17.2 Å². The molecule has 0 saturated carbocycles. The van der Waals surface area contributed by atoms with Crippen molar-refractivity contribution in [3.8, 4) is 6.07 Å². The highest BCUT2D eigenvalue weighted by Crippen LogP contribution is 2.46. The fourth-order valence-electron chi connectivity index (χ4n) is 4.50. The summed E-state index contributed by atoms with van der Waals surface area (Å²) in [5, 5.41) is 31.1. The van der Waals surface area contributed by atoms with Gasteiger partial charge in [-0.25, -0.2) is 0 Å². The molecule has 0 fully saturated rings. The number of anilines is 2. The van der Waals surface area contributed by atoms with Gasteiger partial charge >= 0.3 is 0 Å². The normalized spacial score (nSPS) is 20.5. The number of carbonyl (C=O) groups is 2. The number of nitriles is 1. The number of nitrogens with one attached hydrogen (secondary N) is 3. The Balaban J connectivity index is 1.68. The first-order valence-corrected chi connectivity index (χ1v) is 14.9. The number of amides is 2. The Morgan fingerprint density at radius 2 is 1.77 bits per heavy atom. The van der Waals surface area contributed by atoms with E-state index < -0.39 is 23.5 Å². The third kappa shape index (κ3) is 6.84. The molecule has 4 N–H and O–H groups in total. The molecule has 0 spiro atoms. The van der Waals surface area contributed by atoms with Crippen LogP contribution in [0.2, 0.25) is 0 Å². The van der Waals surface area contributed by atoms with Crippen molar-refractivity contribution in [2.24, 2.45) is 5.92 Å². The molecule has 200 valence electrons. The van der Waals surface area contributed by atoms with Crippen molar-refractivity contribution in [2.45, 2.75) is 25.5 Å². The topological polar surface area (TPSA) is 114 Å². The van der Waals surface area contributed by atoms with Gasteiger partial charge in [0.05, 0.1) is 28.3 Å². The number of rotatable bonds is 7. The summed E-state index contributed by atoms with van der Waals surface area (Å²) in [5.41, 5.74) is 1.47. The summed E-state index contributed by atoms with van der Waals surface area (Å²) in [7, 11) is 0. The van der Waals surface area contributed by atoms with E-state index in [2.05, 4.69) is 60.5 Å². The van der Waals surface area contributed by atoms with Gasteiger partial charge in [-0.2, -0.15) is 5.26 Å². The minimum absolute atomic E-state index is 0.00165. The zero-order valence-electron chi connectivity index (χ0n) is 21.2. The highest BCUT2D eigenvalue weighted by atomic mass is 127. The van der Waals surface area contributed by atoms with E-state index in [9.17, 15) is 20.0 Å². The lowest BCUT2D eigenvalue weighted by Crippen LogP contribution is -2.57. The molecule has 3 atom stereocenters. The van der Waals surface area contributed by atoms with Gasteiger partial charge in [-0.05, 0) is 84.0 Å². The van der Waals surface area contributed by atoms with Gasteiger partial charge in [-0.3, -0.25) is 9.59 Å². The highest BCUT2D eigenvalue weighted by molar-refractivity contribution is 14.1. The van der Waals surface area contributed by atoms with Gasteiger partial charge in [0.15, 0.2) is 0 Å². The zero-order valence-corrected chi connectivity index (χ0v) is 25.7. The first-order valence-electron chi connectivity index (χ1n) is 12.0. The monoisotopic (exact) mass is 716 g/mol. The van der Waals surface area contributed by atoms with E-state index in [1.807, 2.05) is 61.5 Å². The molecule has 1 aliphatic heterocycles. The number of hydrogen-bond donors (Lipinski definition) is 4. The molecule has 3 aromatic rings. The molecule has 1 aliphatic rings. The van der Waals surface area contributed by atoms with Gasteiger partial charge in [0.2, 0.25) is 11.8 Å². The van der Waals surface area contributed by atoms with Crippen LogP contribution in [0.15, 0.2) is 87.9 Å². The van der Waals surface area contributed by atoms with Crippen LogP contribution in [0, 0.1) is 27.7 Å². The van der Waals surface area contributed by atoms with E-state index in [4.69, 9.17) is 0 Å². The van der Waals surface area contributed by atoms with Crippen molar-refractivity contribution in [1.82, 2.24) is 5.32 Å². The van der Waals surface area contributed by atoms with Gasteiger partial charge in [-0.15, -0.1) is 0 Å². The smallest absolute Gasteiger partial charge is 0.234 e. The maximum Gasteiger partial charge on any atom is 0.234 e. The zero-order chi connectivity index (χ0) is 28.2. The molecule has 39 heavy (non-hydrogen) atoms. The summed E-state index contributed by atoms with van der Waals surface area (Å²) < 4.78 is 1.76. The molecule has 2 amide bonds. The number of aryl methyl sites for hydroxylation is 1. The second kappa shape index (κ2) is 12.6. The second-order valence-electron chi connectivity index (χ2n) is 9.25. The number of carbonyl (C=O) groups excluding carboxylic acids is 2. The Morgan fingerprint density at radius 3 is 2.44 bits per heavy atom. The Bertz CT molecular complexity index is 1470. The average molecular weight is 717 g/mol. The van der Waals surface area contributed by atoms with Crippen molar-refractivity contribution >= 4 is 73.5 Å². The van der Waals surface area contributed by atoms with Crippen LogP contribution in [0.1, 0.15) is 24.0 Å². The summed E-state index contributed by atoms with van der Waals surface area (Å²) in [6.07, 6.45) is 0. The Kier molecular flexibility index (Phi) is 9.38. The molecule has 7 nitrogen and oxygen atoms in total. The Labute approximate surface area is 253 Å². The molecular weight excluding hydrogens is 691 g/mol. The highest BCUT2D eigenvalue weighted by Gasteiger charge is 2.50. The SMILES string of the molecule is Cc1ccccc1NC(=O)C1C(c2ccccc2I)C(C#N)=C(SCC(=O)Nc2ccc(Br)cc2)NC1(C)O. The predicted molar refractivity (Wildman–Crippen MR) is 167 cm³/mol. The van der Waals surface area contributed by atoms with E-state index in [0.717, 1.165) is 30.9 Å². The van der Waals surface area contributed by atoms with E-state index in [0.29, 0.717) is 16.4 Å². The summed E-state index contributed by atoms with van der Waals surface area (Å²) in [6, 6.07) is 24.4. The number of hydrogen-bond acceptors (Lipinski definition) is 6. The van der Waals surface area contributed by atoms with Crippen LogP contribution in [-0.2, 0) is 9.59 Å². The van der Waals surface area contributed by atoms with Crippen LogP contribution in [0.4, 0.5) is 11.4 Å². The first-order chi connectivity index (χ1) is 18.6. The van der Waals surface area contributed by atoms with Crippen molar-refractivity contribution in [3.63, 3.8) is 0 Å². The average Bonchev–Trinajstić information content (AvgIpc) is 2.89. The van der Waals surface area contributed by atoms with Crippen LogP contribution in [0.25, 0.3) is 0 Å². The molecule has 0 aliphatic carbocycles. The molecule has 10 heteroatoms. The Morgan fingerprint density at radius 1 is 1.10 bits per heavy atom. The molecule has 0 aromatic heterocycles. The number of nitrogens with zero attached hydrogens (tertiary/aromatic N) is 1. The lowest BCUT2D eigenvalue weighted by Gasteiger charge is -2.43. The van der Waals surface area contributed by atoms with Gasteiger partial charge in [0, 0.05) is 25.3 Å². The Hall–Kier alpha value is -2.85. The van der Waals surface area contributed by atoms with Crippen LogP contribution in [0.3, 0.4) is 0 Å². The summed E-state index contributed by atoms with van der Waals surface area (Å²) in [4.78, 5) is 26.5. The standard InChI is InChI=1S/C29H26BrIN4O3S/c1-17-7-3-6-10-23(17)34-27(37)26-25(20-8-4-5-9-22(20)31)21(15-32)28(35-29(26,2)38)39-16-24(36)33-19-13-11-18(30)12-14-19/h3-14,25-26,35,38H,16H2,1-2H3,(H,33,36)(H,34,37). The molecule has 0 radical (unpaired) electrons. The van der Waals surface area contributed by atoms with Crippen LogP contribution >= 0.6 is 50.3 Å². The second-order valence-corrected chi connectivity index (χ2v) is 12.3. The number of halogens is 2. The van der Waals surface area contributed by atoms with E-state index in [1.54, 1.807) is 18.2 Å². The molecule has 0 saturated heterocycles. The van der Waals surface area contributed by atoms with Gasteiger partial charge in [0.1, 0.15) is 5.72 Å². The maximum absolute atomic E-state index is 13.8. The van der Waals surface area contributed by atoms with Crippen LogP contribution < -0.4 is 16.0 Å². The molecule has 4 rings (SSSR count). The molecule has 1 heterocycles. The number of aliphatic hydroxyl groups is 1. The summed E-state index contributed by atoms with van der Waals surface area (Å²) in [5.74, 6) is -2.47. The lowest BCUT2D eigenvalue weighted by atomic mass is 9.73. The molecule has 3 unspecified atom stereocenters. The maximum atomic E-state index is 13.8. The summed E-state index contributed by atoms with van der Waals surface area (Å²) in [6.45, 7) is 3.41.